The largest absolute Gasteiger partial charge is 0.481 e. The van der Waals surface area contributed by atoms with Gasteiger partial charge in [-0.15, -0.1) is 0 Å². The molecule has 0 aromatic heterocycles. The van der Waals surface area contributed by atoms with E-state index in [-0.39, 0.29) is 23.3 Å². The van der Waals surface area contributed by atoms with Crippen molar-refractivity contribution >= 4 is 29.2 Å². The quantitative estimate of drug-likeness (QED) is 0.831. The molecule has 1 aromatic carbocycles. The minimum Gasteiger partial charge on any atom is -0.481 e. The third-order valence-electron chi connectivity index (χ3n) is 5.37. The SMILES string of the molecule is CC(C)(C)C1=NN(c2ccc(C(=O)NC3CCCC(C(=O)O)C3)cc2)C(=O)C1. The second kappa shape index (κ2) is 7.73. The van der Waals surface area contributed by atoms with E-state index in [2.05, 4.69) is 10.4 Å². The fraction of sp³-hybridized carbons (Fsp3) is 0.524. The third kappa shape index (κ3) is 4.40. The second-order valence-electron chi connectivity index (χ2n) is 8.60. The fourth-order valence-electron chi connectivity index (χ4n) is 3.61. The van der Waals surface area contributed by atoms with E-state index in [4.69, 9.17) is 0 Å². The Morgan fingerprint density at radius 1 is 1.18 bits per heavy atom. The molecule has 0 radical (unpaired) electrons. The van der Waals surface area contributed by atoms with Gasteiger partial charge < -0.3 is 10.4 Å². The molecule has 1 aliphatic carbocycles. The van der Waals surface area contributed by atoms with Gasteiger partial charge in [-0.2, -0.15) is 5.10 Å². The van der Waals surface area contributed by atoms with Crippen LogP contribution < -0.4 is 10.3 Å². The van der Waals surface area contributed by atoms with E-state index in [1.165, 1.54) is 5.01 Å². The van der Waals surface area contributed by atoms with Crippen LogP contribution >= 0.6 is 0 Å². The van der Waals surface area contributed by atoms with Gasteiger partial charge in [0.1, 0.15) is 0 Å². The summed E-state index contributed by atoms with van der Waals surface area (Å²) in [6.07, 6.45) is 3.02. The number of benzene rings is 1. The molecular weight excluding hydrogens is 358 g/mol. The minimum atomic E-state index is -0.797. The molecule has 7 heteroatoms. The molecule has 28 heavy (non-hydrogen) atoms. The van der Waals surface area contributed by atoms with Crippen molar-refractivity contribution in [3.63, 3.8) is 0 Å². The number of hydrazone groups is 1. The minimum absolute atomic E-state index is 0.0796. The van der Waals surface area contributed by atoms with Crippen molar-refractivity contribution in [3.8, 4) is 0 Å². The molecule has 1 saturated carbocycles. The molecule has 0 bridgehead atoms. The highest BCUT2D eigenvalue weighted by atomic mass is 16.4. The lowest BCUT2D eigenvalue weighted by Gasteiger charge is -2.27. The van der Waals surface area contributed by atoms with Gasteiger partial charge in [0.2, 0.25) is 0 Å². The summed E-state index contributed by atoms with van der Waals surface area (Å²) in [6, 6.07) is 6.63. The average molecular weight is 385 g/mol. The van der Waals surface area contributed by atoms with Crippen LogP contribution in [0.25, 0.3) is 0 Å². The van der Waals surface area contributed by atoms with Crippen molar-refractivity contribution < 1.29 is 19.5 Å². The number of carbonyl (C=O) groups is 3. The van der Waals surface area contributed by atoms with Crippen LogP contribution in [0, 0.1) is 11.3 Å². The topological polar surface area (TPSA) is 99.1 Å². The number of aliphatic carboxylic acids is 1. The summed E-state index contributed by atoms with van der Waals surface area (Å²) < 4.78 is 0. The van der Waals surface area contributed by atoms with E-state index >= 15 is 0 Å². The maximum atomic E-state index is 12.5. The Morgan fingerprint density at radius 3 is 2.43 bits per heavy atom. The zero-order valence-electron chi connectivity index (χ0n) is 16.6. The van der Waals surface area contributed by atoms with Gasteiger partial charge in [-0.1, -0.05) is 27.2 Å². The highest BCUT2D eigenvalue weighted by Gasteiger charge is 2.32. The van der Waals surface area contributed by atoms with Crippen LogP contribution in [0.1, 0.15) is 63.2 Å². The van der Waals surface area contributed by atoms with Crippen LogP contribution in [0.15, 0.2) is 29.4 Å². The average Bonchev–Trinajstić information content (AvgIpc) is 3.04. The number of anilines is 1. The smallest absolute Gasteiger partial charge is 0.306 e. The van der Waals surface area contributed by atoms with Crippen LogP contribution in [0.4, 0.5) is 5.69 Å². The molecule has 2 amide bonds. The Morgan fingerprint density at radius 2 is 1.86 bits per heavy atom. The Kier molecular flexibility index (Phi) is 5.54. The van der Waals surface area contributed by atoms with Crippen LogP contribution in [-0.4, -0.2) is 34.6 Å². The van der Waals surface area contributed by atoms with Crippen molar-refractivity contribution in [2.24, 2.45) is 16.4 Å². The van der Waals surface area contributed by atoms with Gasteiger partial charge in [-0.3, -0.25) is 14.4 Å². The Bertz CT molecular complexity index is 808. The number of nitrogens with zero attached hydrogens (tertiary/aromatic N) is 2. The van der Waals surface area contributed by atoms with E-state index in [9.17, 15) is 19.5 Å². The molecular formula is C21H27N3O4. The summed E-state index contributed by atoms with van der Waals surface area (Å²) in [7, 11) is 0. The van der Waals surface area contributed by atoms with Gasteiger partial charge in [-0.25, -0.2) is 5.01 Å². The highest BCUT2D eigenvalue weighted by molar-refractivity contribution is 6.14. The van der Waals surface area contributed by atoms with Gasteiger partial charge in [-0.05, 0) is 43.5 Å². The van der Waals surface area contributed by atoms with Crippen molar-refractivity contribution in [1.82, 2.24) is 5.32 Å². The summed E-state index contributed by atoms with van der Waals surface area (Å²) in [4.78, 5) is 36.0. The van der Waals surface area contributed by atoms with Crippen LogP contribution in [0.5, 0.6) is 0 Å². The maximum absolute atomic E-state index is 12.5. The first-order valence-corrected chi connectivity index (χ1v) is 9.70. The molecule has 2 aliphatic rings. The summed E-state index contributed by atoms with van der Waals surface area (Å²) >= 11 is 0. The molecule has 1 aromatic rings. The Balaban J connectivity index is 1.66. The molecule has 2 N–H and O–H groups in total. The lowest BCUT2D eigenvalue weighted by atomic mass is 9.85. The molecule has 2 unspecified atom stereocenters. The first-order chi connectivity index (χ1) is 13.1. The Labute approximate surface area is 164 Å². The zero-order chi connectivity index (χ0) is 20.5. The maximum Gasteiger partial charge on any atom is 0.306 e. The number of carboxylic acids is 1. The number of nitrogens with one attached hydrogen (secondary N) is 1. The molecule has 0 saturated heterocycles. The highest BCUT2D eigenvalue weighted by Crippen LogP contribution is 2.28. The number of hydrogen-bond acceptors (Lipinski definition) is 4. The molecule has 2 atom stereocenters. The van der Waals surface area contributed by atoms with E-state index in [1.54, 1.807) is 24.3 Å². The summed E-state index contributed by atoms with van der Waals surface area (Å²) in [5.74, 6) is -1.50. The van der Waals surface area contributed by atoms with Crippen LogP contribution in [0.2, 0.25) is 0 Å². The van der Waals surface area contributed by atoms with E-state index < -0.39 is 11.9 Å². The number of carboxylic acid groups (broad SMARTS) is 1. The lowest BCUT2D eigenvalue weighted by molar-refractivity contribution is -0.143. The van der Waals surface area contributed by atoms with E-state index in [0.717, 1.165) is 18.6 Å². The molecule has 150 valence electrons. The van der Waals surface area contributed by atoms with Crippen molar-refractivity contribution in [2.75, 3.05) is 5.01 Å². The standard InChI is InChI=1S/C21H27N3O4/c1-21(2,3)17-12-18(25)24(23-17)16-9-7-13(8-10-16)19(26)22-15-6-4-5-14(11-15)20(27)28/h7-10,14-15H,4-6,11-12H2,1-3H3,(H,22,26)(H,27,28). The monoisotopic (exact) mass is 385 g/mol. The first-order valence-electron chi connectivity index (χ1n) is 9.70. The number of hydrogen-bond donors (Lipinski definition) is 2. The van der Waals surface area contributed by atoms with Crippen molar-refractivity contribution in [1.29, 1.82) is 0 Å². The predicted octanol–water partition coefficient (Wildman–Crippen LogP) is 3.20. The van der Waals surface area contributed by atoms with Gasteiger partial charge in [0.25, 0.3) is 11.8 Å². The lowest BCUT2D eigenvalue weighted by Crippen LogP contribution is -2.39. The van der Waals surface area contributed by atoms with Crippen molar-refractivity contribution in [3.05, 3.63) is 29.8 Å². The van der Waals surface area contributed by atoms with Crippen LogP contribution in [-0.2, 0) is 9.59 Å². The second-order valence-corrected chi connectivity index (χ2v) is 8.60. The molecule has 0 spiro atoms. The predicted molar refractivity (Wildman–Crippen MR) is 106 cm³/mol. The fourth-order valence-corrected chi connectivity index (χ4v) is 3.61. The molecule has 3 rings (SSSR count). The van der Waals surface area contributed by atoms with Gasteiger partial charge in [0.05, 0.1) is 23.7 Å². The first kappa shape index (κ1) is 20.0. The van der Waals surface area contributed by atoms with Gasteiger partial charge >= 0.3 is 5.97 Å². The van der Waals surface area contributed by atoms with E-state index in [1.807, 2.05) is 20.8 Å². The Hall–Kier alpha value is -2.70. The number of amides is 2. The zero-order valence-corrected chi connectivity index (χ0v) is 16.6. The summed E-state index contributed by atoms with van der Waals surface area (Å²) in [5, 5.41) is 17.9. The molecule has 1 heterocycles. The van der Waals surface area contributed by atoms with Crippen molar-refractivity contribution in [2.45, 2.75) is 58.9 Å². The van der Waals surface area contributed by atoms with E-state index in [0.29, 0.717) is 30.5 Å². The molecule has 7 nitrogen and oxygen atoms in total. The number of carbonyl (C=O) groups excluding carboxylic acids is 2. The molecule has 1 fully saturated rings. The van der Waals surface area contributed by atoms with Gasteiger partial charge in [0.15, 0.2) is 0 Å². The van der Waals surface area contributed by atoms with Gasteiger partial charge in [0, 0.05) is 17.0 Å². The van der Waals surface area contributed by atoms with Crippen LogP contribution in [0.3, 0.4) is 0 Å². The molecule has 1 aliphatic heterocycles. The third-order valence-corrected chi connectivity index (χ3v) is 5.37. The number of rotatable bonds is 4. The summed E-state index contributed by atoms with van der Waals surface area (Å²) in [6.45, 7) is 6.07. The summed E-state index contributed by atoms with van der Waals surface area (Å²) in [5.41, 5.74) is 1.78. The normalized spacial score (nSPS) is 22.8.